The van der Waals surface area contributed by atoms with Crippen molar-refractivity contribution in [3.63, 3.8) is 0 Å². The van der Waals surface area contributed by atoms with Crippen LogP contribution in [0.15, 0.2) is 12.7 Å². The van der Waals surface area contributed by atoms with Gasteiger partial charge in [0, 0.05) is 0 Å². The summed E-state index contributed by atoms with van der Waals surface area (Å²) < 4.78 is 5.56. The zero-order valence-electron chi connectivity index (χ0n) is 13.8. The predicted molar refractivity (Wildman–Crippen MR) is 88.2 cm³/mol. The zero-order chi connectivity index (χ0) is 16.7. The molecule has 1 amide bonds. The molecule has 2 saturated carbocycles. The normalized spacial score (nSPS) is 25.9. The van der Waals surface area contributed by atoms with Gasteiger partial charge in [-0.25, -0.2) is 9.59 Å². The van der Waals surface area contributed by atoms with Gasteiger partial charge in [0.2, 0.25) is 0 Å². The highest BCUT2D eigenvalue weighted by molar-refractivity contribution is 5.80. The van der Waals surface area contributed by atoms with E-state index in [1.807, 2.05) is 6.08 Å². The first-order chi connectivity index (χ1) is 11.1. The van der Waals surface area contributed by atoms with Crippen molar-refractivity contribution >= 4 is 12.1 Å². The van der Waals surface area contributed by atoms with Crippen LogP contribution >= 0.6 is 0 Å². The number of carbonyl (C=O) groups is 2. The largest absolute Gasteiger partial charge is 0.480 e. The molecular formula is C18H29NO4. The Morgan fingerprint density at radius 1 is 1.22 bits per heavy atom. The predicted octanol–water partition coefficient (Wildman–Crippen LogP) is 3.88. The Morgan fingerprint density at radius 2 is 1.96 bits per heavy atom. The SMILES string of the molecule is C=CCCCC1CCCC1OC(=O)N[C@H](C(=O)O)C1CCCC1. The number of hydrogen-bond acceptors (Lipinski definition) is 3. The first-order valence-electron chi connectivity index (χ1n) is 8.92. The number of carboxylic acid groups (broad SMARTS) is 1. The summed E-state index contributed by atoms with van der Waals surface area (Å²) in [6.07, 6.45) is 11.2. The maximum absolute atomic E-state index is 12.1. The molecule has 2 rings (SSSR count). The summed E-state index contributed by atoms with van der Waals surface area (Å²) in [4.78, 5) is 23.6. The quantitative estimate of drug-likeness (QED) is 0.525. The molecule has 0 aromatic carbocycles. The number of amides is 1. The Kier molecular flexibility index (Phi) is 6.93. The minimum absolute atomic E-state index is 0.0343. The van der Waals surface area contributed by atoms with Crippen LogP contribution in [0.5, 0.6) is 0 Å². The molecule has 0 aromatic rings. The molecule has 0 aromatic heterocycles. The third-order valence-electron chi connectivity index (χ3n) is 5.24. The van der Waals surface area contributed by atoms with Crippen LogP contribution in [0, 0.1) is 11.8 Å². The van der Waals surface area contributed by atoms with E-state index >= 15 is 0 Å². The van der Waals surface area contributed by atoms with Crippen LogP contribution in [0.1, 0.15) is 64.2 Å². The fourth-order valence-corrected chi connectivity index (χ4v) is 3.98. The first kappa shape index (κ1) is 17.8. The number of nitrogens with one attached hydrogen (secondary N) is 1. The fraction of sp³-hybridized carbons (Fsp3) is 0.778. The second-order valence-corrected chi connectivity index (χ2v) is 6.86. The number of allylic oxidation sites excluding steroid dienone is 1. The number of unbranched alkanes of at least 4 members (excludes halogenated alkanes) is 1. The zero-order valence-corrected chi connectivity index (χ0v) is 13.8. The lowest BCUT2D eigenvalue weighted by Gasteiger charge is -2.24. The Hall–Kier alpha value is -1.52. The van der Waals surface area contributed by atoms with E-state index in [0.717, 1.165) is 64.2 Å². The summed E-state index contributed by atoms with van der Waals surface area (Å²) in [7, 11) is 0. The van der Waals surface area contributed by atoms with Crippen LogP contribution in [0.25, 0.3) is 0 Å². The Labute approximate surface area is 138 Å². The molecule has 2 fully saturated rings. The van der Waals surface area contributed by atoms with Gasteiger partial charge in [-0.3, -0.25) is 0 Å². The van der Waals surface area contributed by atoms with Crippen molar-refractivity contribution in [3.05, 3.63) is 12.7 Å². The number of carboxylic acids is 1. The van der Waals surface area contributed by atoms with Gasteiger partial charge in [0.25, 0.3) is 0 Å². The third kappa shape index (κ3) is 5.26. The topological polar surface area (TPSA) is 75.6 Å². The maximum Gasteiger partial charge on any atom is 0.408 e. The molecule has 0 radical (unpaired) electrons. The van der Waals surface area contributed by atoms with Gasteiger partial charge in [-0.1, -0.05) is 18.9 Å². The van der Waals surface area contributed by atoms with Crippen molar-refractivity contribution in [2.24, 2.45) is 11.8 Å². The second-order valence-electron chi connectivity index (χ2n) is 6.86. The van der Waals surface area contributed by atoms with E-state index in [1.165, 1.54) is 0 Å². The molecule has 5 heteroatoms. The van der Waals surface area contributed by atoms with Gasteiger partial charge in [-0.05, 0) is 63.2 Å². The van der Waals surface area contributed by atoms with Crippen LogP contribution in [0.3, 0.4) is 0 Å². The number of ether oxygens (including phenoxy) is 1. The summed E-state index contributed by atoms with van der Waals surface area (Å²) in [5, 5.41) is 12.0. The van der Waals surface area contributed by atoms with E-state index in [-0.39, 0.29) is 12.0 Å². The number of carbonyl (C=O) groups excluding carboxylic acids is 1. The van der Waals surface area contributed by atoms with E-state index in [2.05, 4.69) is 11.9 Å². The van der Waals surface area contributed by atoms with Crippen molar-refractivity contribution in [2.45, 2.75) is 76.4 Å². The number of alkyl carbamates (subject to hydrolysis) is 1. The van der Waals surface area contributed by atoms with E-state index < -0.39 is 18.1 Å². The minimum atomic E-state index is -0.956. The lowest BCUT2D eigenvalue weighted by atomic mass is 9.98. The standard InChI is InChI=1S/C18H29NO4/c1-2-3-4-8-13-11-7-12-15(13)23-18(22)19-16(17(20)21)14-9-5-6-10-14/h2,13-16H,1,3-12H2,(H,19,22)(H,20,21)/t13?,15?,16-/m0/s1. The fourth-order valence-electron chi connectivity index (χ4n) is 3.98. The Balaban J connectivity index is 1.82. The molecule has 2 N–H and O–H groups in total. The lowest BCUT2D eigenvalue weighted by Crippen LogP contribution is -2.46. The summed E-state index contributed by atoms with van der Waals surface area (Å²) in [5.74, 6) is -0.523. The van der Waals surface area contributed by atoms with Gasteiger partial charge >= 0.3 is 12.1 Å². The average Bonchev–Trinajstić information content (AvgIpc) is 3.17. The molecule has 2 aliphatic carbocycles. The number of aliphatic carboxylic acids is 1. The summed E-state index contributed by atoms with van der Waals surface area (Å²) in [6.45, 7) is 3.73. The van der Waals surface area contributed by atoms with Crippen LogP contribution in [0.4, 0.5) is 4.79 Å². The minimum Gasteiger partial charge on any atom is -0.480 e. The molecule has 2 unspecified atom stereocenters. The molecule has 0 heterocycles. The molecule has 5 nitrogen and oxygen atoms in total. The Bertz CT molecular complexity index is 417. The highest BCUT2D eigenvalue weighted by atomic mass is 16.6. The van der Waals surface area contributed by atoms with Crippen molar-refractivity contribution < 1.29 is 19.4 Å². The molecule has 0 aliphatic heterocycles. The van der Waals surface area contributed by atoms with Gasteiger partial charge < -0.3 is 15.2 Å². The second kappa shape index (κ2) is 8.94. The summed E-state index contributed by atoms with van der Waals surface area (Å²) >= 11 is 0. The van der Waals surface area contributed by atoms with Crippen molar-refractivity contribution in [1.82, 2.24) is 5.32 Å². The third-order valence-corrected chi connectivity index (χ3v) is 5.24. The lowest BCUT2D eigenvalue weighted by molar-refractivity contribution is -0.140. The van der Waals surface area contributed by atoms with E-state index in [0.29, 0.717) is 5.92 Å². The molecule has 2 aliphatic rings. The number of rotatable bonds is 8. The summed E-state index contributed by atoms with van der Waals surface area (Å²) in [5.41, 5.74) is 0. The molecule has 3 atom stereocenters. The molecular weight excluding hydrogens is 294 g/mol. The Morgan fingerprint density at radius 3 is 2.61 bits per heavy atom. The maximum atomic E-state index is 12.1. The van der Waals surface area contributed by atoms with E-state index in [9.17, 15) is 14.7 Å². The van der Waals surface area contributed by atoms with E-state index in [4.69, 9.17) is 4.74 Å². The van der Waals surface area contributed by atoms with Gasteiger partial charge in [0.15, 0.2) is 0 Å². The van der Waals surface area contributed by atoms with Gasteiger partial charge in [0.05, 0.1) is 0 Å². The van der Waals surface area contributed by atoms with Gasteiger partial charge in [-0.15, -0.1) is 6.58 Å². The average molecular weight is 323 g/mol. The van der Waals surface area contributed by atoms with Crippen molar-refractivity contribution in [3.8, 4) is 0 Å². The smallest absolute Gasteiger partial charge is 0.408 e. The van der Waals surface area contributed by atoms with Crippen LogP contribution in [-0.4, -0.2) is 29.3 Å². The van der Waals surface area contributed by atoms with Crippen LogP contribution < -0.4 is 5.32 Å². The molecule has 0 spiro atoms. The van der Waals surface area contributed by atoms with Crippen molar-refractivity contribution in [1.29, 1.82) is 0 Å². The monoisotopic (exact) mass is 323 g/mol. The molecule has 0 bridgehead atoms. The number of hydrogen-bond donors (Lipinski definition) is 2. The summed E-state index contributed by atoms with van der Waals surface area (Å²) in [6, 6.07) is -0.814. The molecule has 130 valence electrons. The molecule has 23 heavy (non-hydrogen) atoms. The highest BCUT2D eigenvalue weighted by Gasteiger charge is 2.34. The first-order valence-corrected chi connectivity index (χ1v) is 8.92. The van der Waals surface area contributed by atoms with Gasteiger partial charge in [0.1, 0.15) is 12.1 Å². The molecule has 0 saturated heterocycles. The highest BCUT2D eigenvalue weighted by Crippen LogP contribution is 2.32. The van der Waals surface area contributed by atoms with Crippen LogP contribution in [0.2, 0.25) is 0 Å². The van der Waals surface area contributed by atoms with E-state index in [1.54, 1.807) is 0 Å². The van der Waals surface area contributed by atoms with Crippen LogP contribution in [-0.2, 0) is 9.53 Å². The van der Waals surface area contributed by atoms with Crippen molar-refractivity contribution in [2.75, 3.05) is 0 Å². The van der Waals surface area contributed by atoms with Gasteiger partial charge in [-0.2, -0.15) is 0 Å².